The van der Waals surface area contributed by atoms with Gasteiger partial charge in [0.25, 0.3) is 5.91 Å². The molecule has 0 aliphatic carbocycles. The molecule has 0 saturated carbocycles. The number of amides is 1. The standard InChI is InChI=1S/C15H9F6N3O3S/c16-8-4-7(5-9(17)12(8)18)22-13(25)6-1-2-10-11(3-6)28(26,27)24-14(23-10)15(19,20)21/h1-5,14,23-24H,(H,22,25). The molecule has 1 atom stereocenters. The average Bonchev–Trinajstić information content (AvgIpc) is 2.58. The number of sulfonamides is 1. The zero-order valence-electron chi connectivity index (χ0n) is 13.4. The van der Waals surface area contributed by atoms with E-state index < -0.39 is 62.0 Å². The molecule has 6 nitrogen and oxygen atoms in total. The summed E-state index contributed by atoms with van der Waals surface area (Å²) in [5, 5.41) is 3.97. The van der Waals surface area contributed by atoms with E-state index in [-0.39, 0.29) is 5.56 Å². The molecule has 0 radical (unpaired) electrons. The molecule has 13 heteroatoms. The predicted molar refractivity (Wildman–Crippen MR) is 84.5 cm³/mol. The number of nitrogens with one attached hydrogen (secondary N) is 3. The van der Waals surface area contributed by atoms with E-state index in [1.165, 1.54) is 4.72 Å². The number of hydrogen-bond donors (Lipinski definition) is 3. The third kappa shape index (κ3) is 3.75. The molecule has 0 spiro atoms. The minimum atomic E-state index is -4.91. The number of hydrogen-bond acceptors (Lipinski definition) is 4. The molecule has 28 heavy (non-hydrogen) atoms. The third-order valence-corrected chi connectivity index (χ3v) is 5.14. The molecule has 1 aliphatic heterocycles. The molecule has 3 N–H and O–H groups in total. The molecule has 1 aliphatic rings. The lowest BCUT2D eigenvalue weighted by molar-refractivity contribution is -0.145. The molecule has 0 fully saturated rings. The Hall–Kier alpha value is -2.80. The summed E-state index contributed by atoms with van der Waals surface area (Å²) in [7, 11) is -4.60. The van der Waals surface area contributed by atoms with Gasteiger partial charge in [-0.25, -0.2) is 21.6 Å². The van der Waals surface area contributed by atoms with E-state index in [2.05, 4.69) is 0 Å². The van der Waals surface area contributed by atoms with Crippen LogP contribution in [0.2, 0.25) is 0 Å². The Labute approximate surface area is 153 Å². The van der Waals surface area contributed by atoms with Gasteiger partial charge < -0.3 is 10.6 Å². The first kappa shape index (κ1) is 19.9. The van der Waals surface area contributed by atoms with Gasteiger partial charge in [-0.05, 0) is 18.2 Å². The SMILES string of the molecule is O=C(Nc1cc(F)c(F)c(F)c1)c1ccc2c(c1)S(=O)(=O)NC(C(F)(F)F)N2. The fourth-order valence-electron chi connectivity index (χ4n) is 2.39. The Balaban J connectivity index is 1.91. The molecule has 2 aromatic carbocycles. The van der Waals surface area contributed by atoms with Gasteiger partial charge in [0.2, 0.25) is 10.0 Å². The average molecular weight is 425 g/mol. The lowest BCUT2D eigenvalue weighted by Crippen LogP contribution is -2.53. The van der Waals surface area contributed by atoms with Gasteiger partial charge in [0.15, 0.2) is 23.6 Å². The maximum atomic E-state index is 13.2. The van der Waals surface area contributed by atoms with Crippen LogP contribution in [0.25, 0.3) is 0 Å². The van der Waals surface area contributed by atoms with Crippen molar-refractivity contribution in [1.29, 1.82) is 0 Å². The third-order valence-electron chi connectivity index (χ3n) is 3.68. The zero-order chi connectivity index (χ0) is 20.9. The Kier molecular flexibility index (Phi) is 4.75. The molecule has 0 bridgehead atoms. The first-order valence-electron chi connectivity index (χ1n) is 7.34. The summed E-state index contributed by atoms with van der Waals surface area (Å²) < 4.78 is 103. The molecule has 1 amide bonds. The highest BCUT2D eigenvalue weighted by molar-refractivity contribution is 7.89. The second-order valence-electron chi connectivity index (χ2n) is 5.66. The second kappa shape index (κ2) is 6.67. The van der Waals surface area contributed by atoms with Gasteiger partial charge in [-0.2, -0.15) is 17.9 Å². The number of fused-ring (bicyclic) bond motifs is 1. The molecule has 2 aromatic rings. The van der Waals surface area contributed by atoms with Crippen LogP contribution in [-0.4, -0.2) is 26.7 Å². The minimum absolute atomic E-state index is 0.332. The minimum Gasteiger partial charge on any atom is -0.360 e. The number of carbonyl (C=O) groups is 1. The van der Waals surface area contributed by atoms with Crippen LogP contribution in [-0.2, 0) is 10.0 Å². The van der Waals surface area contributed by atoms with Crippen molar-refractivity contribution < 1.29 is 39.6 Å². The molecule has 0 aromatic heterocycles. The molecular weight excluding hydrogens is 416 g/mol. The van der Waals surface area contributed by atoms with Crippen molar-refractivity contribution in [2.45, 2.75) is 17.2 Å². The molecule has 150 valence electrons. The van der Waals surface area contributed by atoms with E-state index >= 15 is 0 Å². The van der Waals surface area contributed by atoms with E-state index in [0.29, 0.717) is 12.1 Å². The van der Waals surface area contributed by atoms with Crippen LogP contribution < -0.4 is 15.4 Å². The summed E-state index contributed by atoms with van der Waals surface area (Å²) in [6, 6.07) is 3.73. The maximum Gasteiger partial charge on any atom is 0.423 e. The summed E-state index contributed by atoms with van der Waals surface area (Å²) in [4.78, 5) is 11.5. The number of benzene rings is 2. The number of carbonyl (C=O) groups excluding carboxylic acids is 1. The fraction of sp³-hybridized carbons (Fsp3) is 0.133. The van der Waals surface area contributed by atoms with Crippen LogP contribution in [0.5, 0.6) is 0 Å². The van der Waals surface area contributed by atoms with E-state index in [1.807, 2.05) is 10.6 Å². The first-order chi connectivity index (χ1) is 12.9. The molecule has 1 unspecified atom stereocenters. The number of alkyl halides is 3. The van der Waals surface area contributed by atoms with Gasteiger partial charge >= 0.3 is 6.18 Å². The van der Waals surface area contributed by atoms with Gasteiger partial charge in [-0.3, -0.25) is 4.79 Å². The summed E-state index contributed by atoms with van der Waals surface area (Å²) in [6.07, 6.45) is -7.45. The van der Waals surface area contributed by atoms with Crippen molar-refractivity contribution in [2.24, 2.45) is 0 Å². The Bertz CT molecular complexity index is 1050. The van der Waals surface area contributed by atoms with Crippen LogP contribution in [0.1, 0.15) is 10.4 Å². The van der Waals surface area contributed by atoms with Crippen molar-refractivity contribution in [3.05, 3.63) is 53.3 Å². The fourth-order valence-corrected chi connectivity index (χ4v) is 3.72. The lowest BCUT2D eigenvalue weighted by Gasteiger charge is -2.29. The van der Waals surface area contributed by atoms with Crippen LogP contribution in [0.15, 0.2) is 35.2 Å². The van der Waals surface area contributed by atoms with Crippen LogP contribution in [0.4, 0.5) is 37.7 Å². The van der Waals surface area contributed by atoms with Crippen LogP contribution in [0, 0.1) is 17.5 Å². The maximum absolute atomic E-state index is 13.2. The number of rotatable bonds is 2. The van der Waals surface area contributed by atoms with E-state index in [4.69, 9.17) is 0 Å². The number of anilines is 2. The van der Waals surface area contributed by atoms with Crippen LogP contribution in [0.3, 0.4) is 0 Å². The zero-order valence-corrected chi connectivity index (χ0v) is 14.2. The smallest absolute Gasteiger partial charge is 0.360 e. The van der Waals surface area contributed by atoms with Crippen molar-refractivity contribution in [2.75, 3.05) is 10.6 Å². The monoisotopic (exact) mass is 425 g/mol. The summed E-state index contributed by atoms with van der Waals surface area (Å²) in [5.74, 6) is -5.89. The quantitative estimate of drug-likeness (QED) is 0.510. The van der Waals surface area contributed by atoms with Gasteiger partial charge in [0, 0.05) is 23.4 Å². The van der Waals surface area contributed by atoms with Gasteiger partial charge in [-0.15, -0.1) is 0 Å². The Morgan fingerprint density at radius 2 is 1.64 bits per heavy atom. The van der Waals surface area contributed by atoms with Crippen LogP contribution >= 0.6 is 0 Å². The molecule has 1 heterocycles. The highest BCUT2D eigenvalue weighted by Gasteiger charge is 2.46. The van der Waals surface area contributed by atoms with Gasteiger partial charge in [0.05, 0.1) is 5.69 Å². The topological polar surface area (TPSA) is 87.3 Å². The van der Waals surface area contributed by atoms with Crippen molar-refractivity contribution >= 4 is 27.3 Å². The largest absolute Gasteiger partial charge is 0.423 e. The molecule has 0 saturated heterocycles. The second-order valence-corrected chi connectivity index (χ2v) is 7.34. The van der Waals surface area contributed by atoms with Crippen molar-refractivity contribution in [3.8, 4) is 0 Å². The van der Waals surface area contributed by atoms with Gasteiger partial charge in [0.1, 0.15) is 4.90 Å². The summed E-state index contributed by atoms with van der Waals surface area (Å²) in [6.45, 7) is 0. The van der Waals surface area contributed by atoms with E-state index in [1.54, 1.807) is 0 Å². The Morgan fingerprint density at radius 1 is 1.04 bits per heavy atom. The van der Waals surface area contributed by atoms with E-state index in [0.717, 1.165) is 18.2 Å². The van der Waals surface area contributed by atoms with E-state index in [9.17, 15) is 39.6 Å². The van der Waals surface area contributed by atoms with Gasteiger partial charge in [-0.1, -0.05) is 0 Å². The van der Waals surface area contributed by atoms with Crippen molar-refractivity contribution in [3.63, 3.8) is 0 Å². The predicted octanol–water partition coefficient (Wildman–Crippen LogP) is 2.95. The molecule has 3 rings (SSSR count). The highest BCUT2D eigenvalue weighted by atomic mass is 32.2. The summed E-state index contributed by atoms with van der Waals surface area (Å²) >= 11 is 0. The first-order valence-corrected chi connectivity index (χ1v) is 8.82. The van der Waals surface area contributed by atoms with Crippen molar-refractivity contribution in [1.82, 2.24) is 4.72 Å². The molecular formula is C15H9F6N3O3S. The lowest BCUT2D eigenvalue weighted by atomic mass is 10.1. The Morgan fingerprint density at radius 3 is 2.21 bits per heavy atom. The summed E-state index contributed by atoms with van der Waals surface area (Å²) in [5.41, 5.74) is -1.17. The normalized spacial score (nSPS) is 18.1. The number of halogens is 6. The highest BCUT2D eigenvalue weighted by Crippen LogP contribution is 2.32.